The quantitative estimate of drug-likeness (QED) is 0.432. The van der Waals surface area contributed by atoms with Gasteiger partial charge in [-0.25, -0.2) is 0 Å². The zero-order valence-electron chi connectivity index (χ0n) is 7.82. The van der Waals surface area contributed by atoms with E-state index in [1.54, 1.807) is 24.3 Å². The van der Waals surface area contributed by atoms with Crippen molar-refractivity contribution in [1.82, 2.24) is 0 Å². The first-order valence-electron chi connectivity index (χ1n) is 4.04. The van der Waals surface area contributed by atoms with Crippen molar-refractivity contribution >= 4 is 19.1 Å². The number of ketones is 1. The third-order valence-corrected chi connectivity index (χ3v) is 3.03. The Morgan fingerprint density at radius 3 is 2.71 bits per heavy atom. The van der Waals surface area contributed by atoms with E-state index >= 15 is 0 Å². The lowest BCUT2D eigenvalue weighted by Crippen LogP contribution is -2.10. The van der Waals surface area contributed by atoms with E-state index in [4.69, 9.17) is 4.52 Å². The summed E-state index contributed by atoms with van der Waals surface area (Å²) < 4.78 is 16.2. The summed E-state index contributed by atoms with van der Waals surface area (Å²) in [6.45, 7) is 3.38. The molecule has 3 nitrogen and oxygen atoms in total. The number of hydrogen-bond acceptors (Lipinski definition) is 3. The van der Waals surface area contributed by atoms with Gasteiger partial charge in [-0.15, -0.1) is 0 Å². The summed E-state index contributed by atoms with van der Waals surface area (Å²) in [4.78, 5) is 11.4. The highest BCUT2D eigenvalue weighted by molar-refractivity contribution is 7.48. The van der Waals surface area contributed by atoms with E-state index in [1.165, 1.54) is 13.2 Å². The molecule has 0 bridgehead atoms. The summed E-state index contributed by atoms with van der Waals surface area (Å²) in [5, 5.41) is 0.449. The van der Waals surface area contributed by atoms with Gasteiger partial charge < -0.3 is 4.52 Å². The first-order valence-corrected chi connectivity index (χ1v) is 5.36. The van der Waals surface area contributed by atoms with E-state index in [0.717, 1.165) is 0 Å². The number of benzene rings is 1. The summed E-state index contributed by atoms with van der Waals surface area (Å²) in [6.07, 6.45) is 1.20. The van der Waals surface area contributed by atoms with Crippen LogP contribution in [0.25, 0.3) is 0 Å². The minimum absolute atomic E-state index is 0.240. The van der Waals surface area contributed by atoms with Gasteiger partial charge in [0.25, 0.3) is 0 Å². The van der Waals surface area contributed by atoms with Gasteiger partial charge in [-0.1, -0.05) is 24.8 Å². The van der Waals surface area contributed by atoms with Crippen LogP contribution < -0.4 is 5.30 Å². The Hall–Kier alpha value is -1.18. The average molecular weight is 210 g/mol. The van der Waals surface area contributed by atoms with Gasteiger partial charge in [0, 0.05) is 18.0 Å². The molecule has 0 saturated heterocycles. The molecule has 0 amide bonds. The van der Waals surface area contributed by atoms with Gasteiger partial charge in [-0.05, 0) is 12.1 Å². The van der Waals surface area contributed by atoms with Crippen molar-refractivity contribution in [2.45, 2.75) is 0 Å². The summed E-state index contributed by atoms with van der Waals surface area (Å²) >= 11 is 0. The monoisotopic (exact) mass is 210 g/mol. The summed E-state index contributed by atoms with van der Waals surface area (Å²) in [5.41, 5.74) is 0.397. The molecule has 0 heterocycles. The smallest absolute Gasteiger partial charge is 0.221 e. The van der Waals surface area contributed by atoms with Crippen LogP contribution in [0, 0.1) is 0 Å². The topological polar surface area (TPSA) is 43.4 Å². The molecule has 14 heavy (non-hydrogen) atoms. The maximum Gasteiger partial charge on any atom is 0.221 e. The molecule has 0 spiro atoms. The Labute approximate surface area is 83.3 Å². The lowest BCUT2D eigenvalue weighted by atomic mass is 10.1. The first-order chi connectivity index (χ1) is 6.70. The molecule has 0 aromatic heterocycles. The lowest BCUT2D eigenvalue weighted by Gasteiger charge is -2.04. The molecule has 0 aliphatic heterocycles. The highest BCUT2D eigenvalue weighted by atomic mass is 31.1. The van der Waals surface area contributed by atoms with E-state index < -0.39 is 8.03 Å². The van der Waals surface area contributed by atoms with Crippen molar-refractivity contribution in [1.29, 1.82) is 0 Å². The SMILES string of the molecule is C=CC(=O)c1ccccc1[PH](=O)OC. The van der Waals surface area contributed by atoms with Crippen molar-refractivity contribution in [3.63, 3.8) is 0 Å². The van der Waals surface area contributed by atoms with Crippen molar-refractivity contribution in [2.24, 2.45) is 0 Å². The van der Waals surface area contributed by atoms with Gasteiger partial charge in [-0.3, -0.25) is 9.36 Å². The highest BCUT2D eigenvalue weighted by Crippen LogP contribution is 2.22. The second-order valence-electron chi connectivity index (χ2n) is 2.61. The first kappa shape index (κ1) is 10.9. The van der Waals surface area contributed by atoms with Gasteiger partial charge in [-0.2, -0.15) is 0 Å². The van der Waals surface area contributed by atoms with Crippen LogP contribution in [-0.2, 0) is 9.09 Å². The molecule has 74 valence electrons. The number of carbonyl (C=O) groups is 1. The standard InChI is InChI=1S/C10H11O3P/c1-3-9(11)8-6-4-5-7-10(8)14(12)13-2/h3-7,14H,1H2,2H3. The molecular weight excluding hydrogens is 199 g/mol. The zero-order valence-corrected chi connectivity index (χ0v) is 8.82. The second kappa shape index (κ2) is 4.89. The van der Waals surface area contributed by atoms with Gasteiger partial charge in [0.15, 0.2) is 5.78 Å². The van der Waals surface area contributed by atoms with E-state index in [1.807, 2.05) is 0 Å². The molecule has 0 saturated carbocycles. The largest absolute Gasteiger partial charge is 0.331 e. The van der Waals surface area contributed by atoms with Crippen LogP contribution in [0.1, 0.15) is 10.4 Å². The molecule has 1 aromatic rings. The molecule has 4 heteroatoms. The Kier molecular flexibility index (Phi) is 3.81. The van der Waals surface area contributed by atoms with Crippen LogP contribution in [0.5, 0.6) is 0 Å². The van der Waals surface area contributed by atoms with Gasteiger partial charge >= 0.3 is 0 Å². The minimum Gasteiger partial charge on any atom is -0.331 e. The van der Waals surface area contributed by atoms with Crippen LogP contribution in [0.3, 0.4) is 0 Å². The Bertz CT molecular complexity index is 385. The van der Waals surface area contributed by atoms with Crippen LogP contribution >= 0.6 is 8.03 Å². The minimum atomic E-state index is -2.31. The Morgan fingerprint density at radius 2 is 2.14 bits per heavy atom. The highest BCUT2D eigenvalue weighted by Gasteiger charge is 2.11. The van der Waals surface area contributed by atoms with Crippen LogP contribution in [0.2, 0.25) is 0 Å². The zero-order chi connectivity index (χ0) is 10.6. The molecule has 0 aliphatic rings. The summed E-state index contributed by atoms with van der Waals surface area (Å²) in [5.74, 6) is -0.240. The molecule has 0 aliphatic carbocycles. The molecule has 1 atom stereocenters. The molecule has 1 rings (SSSR count). The summed E-state index contributed by atoms with van der Waals surface area (Å²) in [7, 11) is -0.952. The van der Waals surface area contributed by atoms with Crippen LogP contribution in [0.4, 0.5) is 0 Å². The average Bonchev–Trinajstić information content (AvgIpc) is 2.27. The van der Waals surface area contributed by atoms with Crippen molar-refractivity contribution in [3.8, 4) is 0 Å². The van der Waals surface area contributed by atoms with Crippen LogP contribution in [0.15, 0.2) is 36.9 Å². The van der Waals surface area contributed by atoms with E-state index in [0.29, 0.717) is 10.9 Å². The number of hydrogen-bond donors (Lipinski definition) is 0. The third-order valence-electron chi connectivity index (χ3n) is 1.78. The maximum absolute atomic E-state index is 11.4. The van der Waals surface area contributed by atoms with Gasteiger partial charge in [0.05, 0.1) is 0 Å². The maximum atomic E-state index is 11.4. The fourth-order valence-corrected chi connectivity index (χ4v) is 1.97. The fraction of sp³-hybridized carbons (Fsp3) is 0.100. The lowest BCUT2D eigenvalue weighted by molar-refractivity contribution is 0.104. The molecule has 0 radical (unpaired) electrons. The third kappa shape index (κ3) is 2.19. The van der Waals surface area contributed by atoms with Crippen LogP contribution in [-0.4, -0.2) is 12.9 Å². The van der Waals surface area contributed by atoms with E-state index in [2.05, 4.69) is 6.58 Å². The molecule has 0 fully saturated rings. The van der Waals surface area contributed by atoms with E-state index in [-0.39, 0.29) is 5.78 Å². The number of allylic oxidation sites excluding steroid dienone is 1. The number of carbonyl (C=O) groups excluding carboxylic acids is 1. The van der Waals surface area contributed by atoms with Crippen molar-refractivity contribution < 1.29 is 13.9 Å². The number of rotatable bonds is 4. The predicted molar refractivity (Wildman–Crippen MR) is 56.6 cm³/mol. The molecular formula is C10H11O3P. The second-order valence-corrected chi connectivity index (χ2v) is 4.13. The Balaban J connectivity index is 3.22. The molecule has 1 unspecified atom stereocenters. The fourth-order valence-electron chi connectivity index (χ4n) is 1.10. The van der Waals surface area contributed by atoms with Gasteiger partial charge in [0.1, 0.15) is 0 Å². The summed E-state index contributed by atoms with van der Waals surface area (Å²) in [6, 6.07) is 6.67. The van der Waals surface area contributed by atoms with Crippen molar-refractivity contribution in [2.75, 3.05) is 7.11 Å². The molecule has 0 N–H and O–H groups in total. The van der Waals surface area contributed by atoms with E-state index in [9.17, 15) is 9.36 Å². The van der Waals surface area contributed by atoms with Crippen molar-refractivity contribution in [3.05, 3.63) is 42.5 Å². The normalized spacial score (nSPS) is 12.1. The Morgan fingerprint density at radius 1 is 1.50 bits per heavy atom. The predicted octanol–water partition coefficient (Wildman–Crippen LogP) is 1.80. The molecule has 1 aromatic carbocycles. The van der Waals surface area contributed by atoms with Gasteiger partial charge in [0.2, 0.25) is 8.03 Å².